The summed E-state index contributed by atoms with van der Waals surface area (Å²) in [4.78, 5) is 16.7. The zero-order chi connectivity index (χ0) is 16.9. The van der Waals surface area contributed by atoms with Gasteiger partial charge in [-0.05, 0) is 36.5 Å². The van der Waals surface area contributed by atoms with Crippen molar-refractivity contribution in [2.75, 3.05) is 39.3 Å². The van der Waals surface area contributed by atoms with Gasteiger partial charge in [0.15, 0.2) is 0 Å². The third-order valence-electron chi connectivity index (χ3n) is 5.17. The molecule has 5 heteroatoms. The van der Waals surface area contributed by atoms with Crippen molar-refractivity contribution in [1.29, 1.82) is 0 Å². The van der Waals surface area contributed by atoms with E-state index in [-0.39, 0.29) is 17.8 Å². The van der Waals surface area contributed by atoms with Crippen LogP contribution in [0.4, 0.5) is 4.39 Å². The van der Waals surface area contributed by atoms with E-state index in [0.29, 0.717) is 13.0 Å². The van der Waals surface area contributed by atoms with Crippen LogP contribution in [0.3, 0.4) is 0 Å². The molecule has 0 spiro atoms. The number of amides is 1. The molecular formula is C19H27FN2O2. The van der Waals surface area contributed by atoms with Crippen molar-refractivity contribution in [3.8, 4) is 0 Å². The van der Waals surface area contributed by atoms with Crippen molar-refractivity contribution in [2.24, 2.45) is 5.92 Å². The number of benzene rings is 1. The Labute approximate surface area is 143 Å². The van der Waals surface area contributed by atoms with Gasteiger partial charge in [0.2, 0.25) is 5.91 Å². The molecule has 0 N–H and O–H groups in total. The average Bonchev–Trinajstić information content (AvgIpc) is 2.61. The molecule has 2 heterocycles. The Balaban J connectivity index is 1.47. The van der Waals surface area contributed by atoms with E-state index in [1.54, 1.807) is 12.1 Å². The molecule has 1 atom stereocenters. The minimum atomic E-state index is -0.229. The normalized spacial score (nSPS) is 23.4. The smallest absolute Gasteiger partial charge is 0.223 e. The fraction of sp³-hybridized carbons (Fsp3) is 0.632. The molecular weight excluding hydrogens is 307 g/mol. The first-order chi connectivity index (χ1) is 11.6. The second kappa shape index (κ2) is 8.08. The number of hydrogen-bond donors (Lipinski definition) is 0. The van der Waals surface area contributed by atoms with E-state index in [1.807, 2.05) is 4.90 Å². The Bertz CT molecular complexity index is 541. The zero-order valence-corrected chi connectivity index (χ0v) is 14.4. The summed E-state index contributed by atoms with van der Waals surface area (Å²) in [6.07, 6.45) is 2.78. The molecule has 2 fully saturated rings. The molecule has 1 unspecified atom stereocenters. The highest BCUT2D eigenvalue weighted by atomic mass is 19.1. The van der Waals surface area contributed by atoms with Gasteiger partial charge < -0.3 is 9.64 Å². The molecule has 0 bridgehead atoms. The van der Waals surface area contributed by atoms with Gasteiger partial charge in [0.05, 0.1) is 12.7 Å². The minimum absolute atomic E-state index is 0.0368. The molecule has 4 nitrogen and oxygen atoms in total. The van der Waals surface area contributed by atoms with Crippen LogP contribution in [0.5, 0.6) is 0 Å². The Morgan fingerprint density at radius 2 is 1.92 bits per heavy atom. The molecule has 132 valence electrons. The van der Waals surface area contributed by atoms with Crippen molar-refractivity contribution < 1.29 is 13.9 Å². The Kier molecular flexibility index (Phi) is 5.85. The summed E-state index contributed by atoms with van der Waals surface area (Å²) in [5.74, 6) is 0.782. The van der Waals surface area contributed by atoms with Crippen LogP contribution >= 0.6 is 0 Å². The van der Waals surface area contributed by atoms with E-state index in [1.165, 1.54) is 12.1 Å². The van der Waals surface area contributed by atoms with E-state index in [9.17, 15) is 9.18 Å². The fourth-order valence-corrected chi connectivity index (χ4v) is 3.45. The molecule has 1 aromatic carbocycles. The van der Waals surface area contributed by atoms with Crippen molar-refractivity contribution >= 4 is 5.91 Å². The predicted molar refractivity (Wildman–Crippen MR) is 91.1 cm³/mol. The first-order valence-electron chi connectivity index (χ1n) is 8.99. The number of ether oxygens (including phenoxy) is 1. The first kappa shape index (κ1) is 17.4. The zero-order valence-electron chi connectivity index (χ0n) is 14.4. The van der Waals surface area contributed by atoms with Gasteiger partial charge in [-0.3, -0.25) is 9.69 Å². The number of carbonyl (C=O) groups is 1. The third-order valence-corrected chi connectivity index (χ3v) is 5.17. The Morgan fingerprint density at radius 3 is 2.62 bits per heavy atom. The number of rotatable bonds is 4. The van der Waals surface area contributed by atoms with Crippen LogP contribution in [-0.4, -0.2) is 55.0 Å². The third kappa shape index (κ3) is 4.54. The largest absolute Gasteiger partial charge is 0.371 e. The SMILES string of the molecule is CC1CCN(C(=O)CCN2CCOC(c3ccc(F)cc3)C2)CC1. The summed E-state index contributed by atoms with van der Waals surface area (Å²) in [5, 5.41) is 0. The van der Waals surface area contributed by atoms with E-state index >= 15 is 0 Å². The molecule has 1 amide bonds. The molecule has 24 heavy (non-hydrogen) atoms. The lowest BCUT2D eigenvalue weighted by Gasteiger charge is -2.34. The van der Waals surface area contributed by atoms with E-state index in [2.05, 4.69) is 11.8 Å². The van der Waals surface area contributed by atoms with Gasteiger partial charge in [0.1, 0.15) is 5.82 Å². The molecule has 0 radical (unpaired) electrons. The predicted octanol–water partition coefficient (Wildman–Crippen LogP) is 2.85. The van der Waals surface area contributed by atoms with Crippen LogP contribution in [0, 0.1) is 11.7 Å². The summed E-state index contributed by atoms with van der Waals surface area (Å²) >= 11 is 0. The van der Waals surface area contributed by atoms with Crippen molar-refractivity contribution in [1.82, 2.24) is 9.80 Å². The maximum atomic E-state index is 13.0. The standard InChI is InChI=1S/C19H27FN2O2/c1-15-6-10-22(11-7-15)19(23)8-9-21-12-13-24-18(14-21)16-2-4-17(20)5-3-16/h2-5,15,18H,6-14H2,1H3. The molecule has 2 aliphatic heterocycles. The lowest BCUT2D eigenvalue weighted by Crippen LogP contribution is -2.42. The molecule has 0 saturated carbocycles. The molecule has 0 aromatic heterocycles. The van der Waals surface area contributed by atoms with Crippen molar-refractivity contribution in [3.05, 3.63) is 35.6 Å². The summed E-state index contributed by atoms with van der Waals surface area (Å²) in [5.41, 5.74) is 0.998. The minimum Gasteiger partial charge on any atom is -0.371 e. The molecule has 3 rings (SSSR count). The number of nitrogens with zero attached hydrogens (tertiary/aromatic N) is 2. The Hall–Kier alpha value is -1.46. The average molecular weight is 334 g/mol. The highest BCUT2D eigenvalue weighted by molar-refractivity contribution is 5.76. The number of hydrogen-bond acceptors (Lipinski definition) is 3. The van der Waals surface area contributed by atoms with Crippen LogP contribution < -0.4 is 0 Å². The highest BCUT2D eigenvalue weighted by Crippen LogP contribution is 2.23. The van der Waals surface area contributed by atoms with Gasteiger partial charge in [-0.25, -0.2) is 4.39 Å². The number of halogens is 1. The van der Waals surface area contributed by atoms with Gasteiger partial charge in [-0.2, -0.15) is 0 Å². The van der Waals surface area contributed by atoms with E-state index in [4.69, 9.17) is 4.74 Å². The van der Waals surface area contributed by atoms with Crippen LogP contribution in [-0.2, 0) is 9.53 Å². The molecule has 2 aliphatic rings. The van der Waals surface area contributed by atoms with E-state index in [0.717, 1.165) is 57.0 Å². The number of likely N-dealkylation sites (tertiary alicyclic amines) is 1. The van der Waals surface area contributed by atoms with Crippen LogP contribution in [0.2, 0.25) is 0 Å². The van der Waals surface area contributed by atoms with Gasteiger partial charge in [-0.15, -0.1) is 0 Å². The summed E-state index contributed by atoms with van der Waals surface area (Å²) in [6.45, 7) is 7.09. The van der Waals surface area contributed by atoms with Crippen LogP contribution in [0.1, 0.15) is 37.9 Å². The van der Waals surface area contributed by atoms with Gasteiger partial charge >= 0.3 is 0 Å². The summed E-state index contributed by atoms with van der Waals surface area (Å²) in [7, 11) is 0. The maximum Gasteiger partial charge on any atom is 0.223 e. The maximum absolute atomic E-state index is 13.0. The van der Waals surface area contributed by atoms with Crippen LogP contribution in [0.15, 0.2) is 24.3 Å². The topological polar surface area (TPSA) is 32.8 Å². The molecule has 2 saturated heterocycles. The quantitative estimate of drug-likeness (QED) is 0.849. The molecule has 0 aliphatic carbocycles. The van der Waals surface area contributed by atoms with Crippen LogP contribution in [0.25, 0.3) is 0 Å². The monoisotopic (exact) mass is 334 g/mol. The van der Waals surface area contributed by atoms with Crippen molar-refractivity contribution in [3.63, 3.8) is 0 Å². The molecule has 1 aromatic rings. The van der Waals surface area contributed by atoms with E-state index < -0.39 is 0 Å². The lowest BCUT2D eigenvalue weighted by molar-refractivity contribution is -0.133. The second-order valence-electron chi connectivity index (χ2n) is 7.02. The second-order valence-corrected chi connectivity index (χ2v) is 7.02. The first-order valence-corrected chi connectivity index (χ1v) is 8.99. The Morgan fingerprint density at radius 1 is 1.21 bits per heavy atom. The number of morpholine rings is 1. The van der Waals surface area contributed by atoms with Crippen molar-refractivity contribution in [2.45, 2.75) is 32.3 Å². The lowest BCUT2D eigenvalue weighted by atomic mass is 9.99. The van der Waals surface area contributed by atoms with Gasteiger partial charge in [-0.1, -0.05) is 19.1 Å². The highest BCUT2D eigenvalue weighted by Gasteiger charge is 2.24. The van der Waals surface area contributed by atoms with Gasteiger partial charge in [0, 0.05) is 39.1 Å². The summed E-state index contributed by atoms with van der Waals surface area (Å²) in [6, 6.07) is 6.50. The van der Waals surface area contributed by atoms with Gasteiger partial charge in [0.25, 0.3) is 0 Å². The number of piperidine rings is 1. The number of carbonyl (C=O) groups excluding carboxylic acids is 1. The fourth-order valence-electron chi connectivity index (χ4n) is 3.45. The summed E-state index contributed by atoms with van der Waals surface area (Å²) < 4.78 is 18.9.